The van der Waals surface area contributed by atoms with Crippen LogP contribution in [0.3, 0.4) is 0 Å². The van der Waals surface area contributed by atoms with Gasteiger partial charge in [0.25, 0.3) is 0 Å². The van der Waals surface area contributed by atoms with E-state index in [1.807, 2.05) is 30.0 Å². The standard InChI is InChI=1S/C16H25N3O/c1-4-19(11-14-7-5-6-9-18-14)15(20)16(13(2)3)8-10-17-12-16/h5-7,9,13,17H,4,8,10-12H2,1-3H3. The molecule has 20 heavy (non-hydrogen) atoms. The van der Waals surface area contributed by atoms with Gasteiger partial charge >= 0.3 is 0 Å². The third-order valence-electron chi connectivity index (χ3n) is 4.47. The van der Waals surface area contributed by atoms with Crippen molar-refractivity contribution >= 4 is 5.91 Å². The van der Waals surface area contributed by atoms with Crippen LogP contribution >= 0.6 is 0 Å². The fourth-order valence-corrected chi connectivity index (χ4v) is 2.96. The number of hydrogen-bond donors (Lipinski definition) is 1. The Morgan fingerprint density at radius 3 is 2.80 bits per heavy atom. The lowest BCUT2D eigenvalue weighted by Crippen LogP contribution is -2.48. The molecule has 2 rings (SSSR count). The van der Waals surface area contributed by atoms with E-state index >= 15 is 0 Å². The Hall–Kier alpha value is -1.42. The van der Waals surface area contributed by atoms with Crippen LogP contribution in [0.25, 0.3) is 0 Å². The summed E-state index contributed by atoms with van der Waals surface area (Å²) < 4.78 is 0. The molecule has 1 aliphatic heterocycles. The van der Waals surface area contributed by atoms with Gasteiger partial charge in [0.15, 0.2) is 0 Å². The lowest BCUT2D eigenvalue weighted by Gasteiger charge is -2.36. The quantitative estimate of drug-likeness (QED) is 0.894. The summed E-state index contributed by atoms with van der Waals surface area (Å²) in [6, 6.07) is 5.85. The smallest absolute Gasteiger partial charge is 0.230 e. The SMILES string of the molecule is CCN(Cc1ccccn1)C(=O)C1(C(C)C)CCNC1. The molecule has 0 spiro atoms. The maximum absolute atomic E-state index is 13.0. The Balaban J connectivity index is 2.16. The number of nitrogens with zero attached hydrogens (tertiary/aromatic N) is 2. The van der Waals surface area contributed by atoms with Crippen molar-refractivity contribution in [2.75, 3.05) is 19.6 Å². The van der Waals surface area contributed by atoms with Gasteiger partial charge in [-0.3, -0.25) is 9.78 Å². The zero-order valence-corrected chi connectivity index (χ0v) is 12.7. The first kappa shape index (κ1) is 15.0. The molecule has 0 saturated carbocycles. The van der Waals surface area contributed by atoms with Crippen LogP contribution in [0.1, 0.15) is 32.9 Å². The molecule has 2 heterocycles. The molecule has 1 aromatic heterocycles. The van der Waals surface area contributed by atoms with E-state index in [-0.39, 0.29) is 11.3 Å². The minimum absolute atomic E-state index is 0.245. The molecule has 0 bridgehead atoms. The van der Waals surface area contributed by atoms with Crippen LogP contribution in [-0.4, -0.2) is 35.4 Å². The zero-order chi connectivity index (χ0) is 14.6. The Morgan fingerprint density at radius 1 is 1.50 bits per heavy atom. The number of aromatic nitrogens is 1. The average molecular weight is 275 g/mol. The second-order valence-corrected chi connectivity index (χ2v) is 5.88. The Bertz CT molecular complexity index is 438. The van der Waals surface area contributed by atoms with E-state index in [1.165, 1.54) is 0 Å². The highest BCUT2D eigenvalue weighted by Gasteiger charge is 2.45. The Labute approximate surface area is 121 Å². The molecule has 0 aromatic carbocycles. The van der Waals surface area contributed by atoms with Gasteiger partial charge in [-0.05, 0) is 37.9 Å². The van der Waals surface area contributed by atoms with Gasteiger partial charge in [0, 0.05) is 19.3 Å². The van der Waals surface area contributed by atoms with Crippen LogP contribution in [0, 0.1) is 11.3 Å². The van der Waals surface area contributed by atoms with Crippen molar-refractivity contribution in [3.8, 4) is 0 Å². The molecule has 4 heteroatoms. The highest BCUT2D eigenvalue weighted by molar-refractivity contribution is 5.83. The molecule has 1 N–H and O–H groups in total. The van der Waals surface area contributed by atoms with Gasteiger partial charge in [-0.2, -0.15) is 0 Å². The first-order valence-corrected chi connectivity index (χ1v) is 7.50. The van der Waals surface area contributed by atoms with Gasteiger partial charge < -0.3 is 10.2 Å². The zero-order valence-electron chi connectivity index (χ0n) is 12.7. The van der Waals surface area contributed by atoms with Crippen molar-refractivity contribution in [2.45, 2.75) is 33.7 Å². The fourth-order valence-electron chi connectivity index (χ4n) is 2.96. The van der Waals surface area contributed by atoms with Crippen molar-refractivity contribution in [1.29, 1.82) is 0 Å². The highest BCUT2D eigenvalue weighted by atomic mass is 16.2. The number of carbonyl (C=O) groups excluding carboxylic acids is 1. The number of rotatable bonds is 5. The molecule has 1 amide bonds. The summed E-state index contributed by atoms with van der Waals surface area (Å²) in [6.45, 7) is 9.40. The molecule has 0 aliphatic carbocycles. The summed E-state index contributed by atoms with van der Waals surface area (Å²) in [4.78, 5) is 19.3. The normalized spacial score (nSPS) is 22.2. The highest BCUT2D eigenvalue weighted by Crippen LogP contribution is 2.36. The number of carbonyl (C=O) groups is 1. The van der Waals surface area contributed by atoms with Crippen LogP contribution in [-0.2, 0) is 11.3 Å². The summed E-state index contributed by atoms with van der Waals surface area (Å²) in [6.07, 6.45) is 2.71. The van der Waals surface area contributed by atoms with E-state index in [9.17, 15) is 4.79 Å². The van der Waals surface area contributed by atoms with Crippen molar-refractivity contribution in [1.82, 2.24) is 15.2 Å². The Kier molecular flexibility index (Phi) is 4.76. The van der Waals surface area contributed by atoms with E-state index < -0.39 is 0 Å². The van der Waals surface area contributed by atoms with Gasteiger partial charge in [-0.25, -0.2) is 0 Å². The van der Waals surface area contributed by atoms with Crippen LogP contribution in [0.5, 0.6) is 0 Å². The average Bonchev–Trinajstić information content (AvgIpc) is 2.96. The van der Waals surface area contributed by atoms with Crippen LogP contribution in [0.15, 0.2) is 24.4 Å². The van der Waals surface area contributed by atoms with Crippen LogP contribution in [0.4, 0.5) is 0 Å². The second kappa shape index (κ2) is 6.35. The predicted molar refractivity (Wildman–Crippen MR) is 80.1 cm³/mol. The summed E-state index contributed by atoms with van der Waals surface area (Å²) >= 11 is 0. The molecule has 1 aliphatic rings. The molecule has 1 unspecified atom stereocenters. The van der Waals surface area contributed by atoms with E-state index in [4.69, 9.17) is 0 Å². The topological polar surface area (TPSA) is 45.2 Å². The number of hydrogen-bond acceptors (Lipinski definition) is 3. The monoisotopic (exact) mass is 275 g/mol. The summed E-state index contributed by atoms with van der Waals surface area (Å²) in [5.41, 5.74) is 0.706. The fraction of sp³-hybridized carbons (Fsp3) is 0.625. The van der Waals surface area contributed by atoms with Gasteiger partial charge in [-0.1, -0.05) is 19.9 Å². The third kappa shape index (κ3) is 2.85. The first-order chi connectivity index (χ1) is 9.60. The number of amides is 1. The second-order valence-electron chi connectivity index (χ2n) is 5.88. The molecule has 4 nitrogen and oxygen atoms in total. The van der Waals surface area contributed by atoms with Crippen molar-refractivity contribution in [2.24, 2.45) is 11.3 Å². The molecular formula is C16H25N3O. The third-order valence-corrected chi connectivity index (χ3v) is 4.47. The van der Waals surface area contributed by atoms with Crippen molar-refractivity contribution < 1.29 is 4.79 Å². The van der Waals surface area contributed by atoms with E-state index in [2.05, 4.69) is 24.1 Å². The largest absolute Gasteiger partial charge is 0.337 e. The molecule has 1 saturated heterocycles. The first-order valence-electron chi connectivity index (χ1n) is 7.50. The Morgan fingerprint density at radius 2 is 2.30 bits per heavy atom. The van der Waals surface area contributed by atoms with Crippen LogP contribution < -0.4 is 5.32 Å². The minimum Gasteiger partial charge on any atom is -0.337 e. The lowest BCUT2D eigenvalue weighted by molar-refractivity contribution is -0.144. The van der Waals surface area contributed by atoms with Gasteiger partial charge in [-0.15, -0.1) is 0 Å². The summed E-state index contributed by atoms with van der Waals surface area (Å²) in [5, 5.41) is 3.36. The minimum atomic E-state index is -0.245. The molecule has 0 radical (unpaired) electrons. The maximum Gasteiger partial charge on any atom is 0.230 e. The van der Waals surface area contributed by atoms with Gasteiger partial charge in [0.2, 0.25) is 5.91 Å². The van der Waals surface area contributed by atoms with Crippen molar-refractivity contribution in [3.05, 3.63) is 30.1 Å². The van der Waals surface area contributed by atoms with E-state index in [0.29, 0.717) is 12.5 Å². The van der Waals surface area contributed by atoms with Crippen LogP contribution in [0.2, 0.25) is 0 Å². The molecule has 110 valence electrons. The number of pyridine rings is 1. The molecule has 1 atom stereocenters. The molecular weight excluding hydrogens is 250 g/mol. The number of nitrogens with one attached hydrogen (secondary N) is 1. The van der Waals surface area contributed by atoms with Gasteiger partial charge in [0.1, 0.15) is 0 Å². The van der Waals surface area contributed by atoms with E-state index in [0.717, 1.165) is 31.7 Å². The maximum atomic E-state index is 13.0. The lowest BCUT2D eigenvalue weighted by atomic mass is 9.75. The summed E-state index contributed by atoms with van der Waals surface area (Å²) in [7, 11) is 0. The predicted octanol–water partition coefficient (Wildman–Crippen LogP) is 2.07. The van der Waals surface area contributed by atoms with Gasteiger partial charge in [0.05, 0.1) is 17.7 Å². The molecule has 1 fully saturated rings. The van der Waals surface area contributed by atoms with Crippen molar-refractivity contribution in [3.63, 3.8) is 0 Å². The molecule has 1 aromatic rings. The summed E-state index contributed by atoms with van der Waals surface area (Å²) in [5.74, 6) is 0.619. The van der Waals surface area contributed by atoms with E-state index in [1.54, 1.807) is 6.20 Å².